The van der Waals surface area contributed by atoms with Gasteiger partial charge < -0.3 is 14.6 Å². The minimum absolute atomic E-state index is 0.000186. The minimum atomic E-state index is -0.501. The second-order valence-corrected chi connectivity index (χ2v) is 7.86. The second kappa shape index (κ2) is 10.2. The zero-order valence-electron chi connectivity index (χ0n) is 16.1. The molecule has 1 amide bonds. The summed E-state index contributed by atoms with van der Waals surface area (Å²) in [5.74, 6) is -0.362. The standard InChI is InChI=1S/C22H16Br2N2O5/c1-30-19-9-13(7-8-18(19)31-22(29)14-5-3-2-4-6-14)12-25-26-21(28)15-10-16(23)20(27)17(24)11-15/h2-12,27H,1H3,(H,26,28). The molecule has 7 nitrogen and oxygen atoms in total. The number of rotatable bonds is 6. The number of benzene rings is 3. The maximum Gasteiger partial charge on any atom is 0.343 e. The number of halogens is 2. The summed E-state index contributed by atoms with van der Waals surface area (Å²) in [4.78, 5) is 24.5. The third-order valence-corrected chi connectivity index (χ3v) is 5.27. The summed E-state index contributed by atoms with van der Waals surface area (Å²) in [6.45, 7) is 0. The highest BCUT2D eigenvalue weighted by Gasteiger charge is 2.13. The molecule has 0 aromatic heterocycles. The molecule has 9 heteroatoms. The number of carbonyl (C=O) groups is 2. The Hall–Kier alpha value is -3.17. The van der Waals surface area contributed by atoms with E-state index in [9.17, 15) is 14.7 Å². The summed E-state index contributed by atoms with van der Waals surface area (Å²) in [6, 6.07) is 16.4. The summed E-state index contributed by atoms with van der Waals surface area (Å²) < 4.78 is 11.5. The lowest BCUT2D eigenvalue weighted by atomic mass is 10.2. The van der Waals surface area contributed by atoms with Crippen LogP contribution in [0.15, 0.2) is 74.7 Å². The van der Waals surface area contributed by atoms with Gasteiger partial charge in [-0.2, -0.15) is 5.10 Å². The van der Waals surface area contributed by atoms with Gasteiger partial charge in [0.2, 0.25) is 0 Å². The lowest BCUT2D eigenvalue weighted by Gasteiger charge is -2.10. The molecular weight excluding hydrogens is 532 g/mol. The number of hydrogen-bond acceptors (Lipinski definition) is 6. The van der Waals surface area contributed by atoms with Crippen molar-refractivity contribution in [2.24, 2.45) is 5.10 Å². The van der Waals surface area contributed by atoms with Gasteiger partial charge >= 0.3 is 5.97 Å². The summed E-state index contributed by atoms with van der Waals surface area (Å²) in [5.41, 5.74) is 3.75. The lowest BCUT2D eigenvalue weighted by Crippen LogP contribution is -2.17. The summed E-state index contributed by atoms with van der Waals surface area (Å²) >= 11 is 6.35. The summed E-state index contributed by atoms with van der Waals surface area (Å²) in [5, 5.41) is 13.7. The molecule has 3 aromatic carbocycles. The molecule has 0 aliphatic rings. The first kappa shape index (κ1) is 22.5. The monoisotopic (exact) mass is 546 g/mol. The number of nitrogens with zero attached hydrogens (tertiary/aromatic N) is 1. The molecule has 0 atom stereocenters. The van der Waals surface area contributed by atoms with Crippen molar-refractivity contribution in [1.82, 2.24) is 5.43 Å². The number of hydrazone groups is 1. The number of esters is 1. The van der Waals surface area contributed by atoms with Gasteiger partial charge in [0, 0.05) is 5.56 Å². The average Bonchev–Trinajstić information content (AvgIpc) is 2.78. The molecule has 0 radical (unpaired) electrons. The third-order valence-electron chi connectivity index (χ3n) is 4.06. The fourth-order valence-corrected chi connectivity index (χ4v) is 3.69. The predicted octanol–water partition coefficient (Wildman–Crippen LogP) is 4.91. The lowest BCUT2D eigenvalue weighted by molar-refractivity contribution is 0.0729. The second-order valence-electron chi connectivity index (χ2n) is 6.15. The fourth-order valence-electron chi connectivity index (χ4n) is 2.51. The highest BCUT2D eigenvalue weighted by Crippen LogP contribution is 2.33. The number of phenolic OH excluding ortho intramolecular Hbond substituents is 1. The van der Waals surface area contributed by atoms with Crippen molar-refractivity contribution in [3.8, 4) is 17.2 Å². The Morgan fingerprint density at radius 3 is 2.29 bits per heavy atom. The zero-order chi connectivity index (χ0) is 22.4. The van der Waals surface area contributed by atoms with Crippen LogP contribution in [0.3, 0.4) is 0 Å². The van der Waals surface area contributed by atoms with Gasteiger partial charge in [-0.25, -0.2) is 10.2 Å². The van der Waals surface area contributed by atoms with E-state index in [0.717, 1.165) is 0 Å². The van der Waals surface area contributed by atoms with Crippen LogP contribution in [-0.4, -0.2) is 30.3 Å². The number of carbonyl (C=O) groups excluding carboxylic acids is 2. The largest absolute Gasteiger partial charge is 0.506 e. The Kier molecular flexibility index (Phi) is 7.43. The first-order chi connectivity index (χ1) is 14.9. The van der Waals surface area contributed by atoms with Crippen molar-refractivity contribution >= 4 is 50.0 Å². The van der Waals surface area contributed by atoms with E-state index in [1.165, 1.54) is 25.5 Å². The Morgan fingerprint density at radius 2 is 1.65 bits per heavy atom. The first-order valence-corrected chi connectivity index (χ1v) is 10.4. The molecule has 3 aromatic rings. The summed E-state index contributed by atoms with van der Waals surface area (Å²) in [7, 11) is 1.46. The van der Waals surface area contributed by atoms with Gasteiger partial charge in [-0.1, -0.05) is 18.2 Å². The maximum absolute atomic E-state index is 12.3. The van der Waals surface area contributed by atoms with Crippen LogP contribution < -0.4 is 14.9 Å². The van der Waals surface area contributed by atoms with Crippen LogP contribution >= 0.6 is 31.9 Å². The molecule has 0 spiro atoms. The van der Waals surface area contributed by atoms with Crippen LogP contribution in [0.5, 0.6) is 17.2 Å². The smallest absolute Gasteiger partial charge is 0.343 e. The van der Waals surface area contributed by atoms with Crippen LogP contribution in [0.25, 0.3) is 0 Å². The molecule has 0 saturated carbocycles. The molecule has 0 aliphatic carbocycles. The molecular formula is C22H16Br2N2O5. The summed E-state index contributed by atoms with van der Waals surface area (Å²) in [6.07, 6.45) is 1.42. The number of methoxy groups -OCH3 is 1. The van der Waals surface area contributed by atoms with Gasteiger partial charge in [-0.3, -0.25) is 4.79 Å². The minimum Gasteiger partial charge on any atom is -0.506 e. The Bertz CT molecular complexity index is 1130. The van der Waals surface area contributed by atoms with Gasteiger partial charge in [0.25, 0.3) is 5.91 Å². The van der Waals surface area contributed by atoms with E-state index in [1.807, 2.05) is 6.07 Å². The number of ether oxygens (including phenoxy) is 2. The van der Waals surface area contributed by atoms with Crippen molar-refractivity contribution < 1.29 is 24.2 Å². The maximum atomic E-state index is 12.3. The molecule has 2 N–H and O–H groups in total. The number of aromatic hydroxyl groups is 1. The molecule has 3 rings (SSSR count). The Balaban J connectivity index is 1.69. The van der Waals surface area contributed by atoms with Gasteiger partial charge in [0.15, 0.2) is 11.5 Å². The third kappa shape index (κ3) is 5.71. The number of hydrogen-bond donors (Lipinski definition) is 2. The van der Waals surface area contributed by atoms with Crippen molar-refractivity contribution in [2.45, 2.75) is 0 Å². The number of nitrogens with one attached hydrogen (secondary N) is 1. The molecule has 0 heterocycles. The fraction of sp³-hybridized carbons (Fsp3) is 0.0455. The Labute approximate surface area is 195 Å². The van der Waals surface area contributed by atoms with Crippen LogP contribution in [-0.2, 0) is 0 Å². The number of amides is 1. The van der Waals surface area contributed by atoms with Crippen molar-refractivity contribution in [1.29, 1.82) is 0 Å². The molecule has 0 fully saturated rings. The van der Waals surface area contributed by atoms with E-state index < -0.39 is 11.9 Å². The molecule has 0 bridgehead atoms. The quantitative estimate of drug-likeness (QED) is 0.198. The predicted molar refractivity (Wildman–Crippen MR) is 123 cm³/mol. The molecule has 158 valence electrons. The van der Waals surface area contributed by atoms with Gasteiger partial charge in [0.05, 0.1) is 27.8 Å². The molecule has 0 saturated heterocycles. The van der Waals surface area contributed by atoms with E-state index in [-0.39, 0.29) is 11.5 Å². The average molecular weight is 548 g/mol. The van der Waals surface area contributed by atoms with Crippen molar-refractivity contribution in [3.63, 3.8) is 0 Å². The van der Waals surface area contributed by atoms with E-state index >= 15 is 0 Å². The van der Waals surface area contributed by atoms with Crippen LogP contribution in [0.1, 0.15) is 26.3 Å². The first-order valence-electron chi connectivity index (χ1n) is 8.85. The van der Waals surface area contributed by atoms with Crippen LogP contribution in [0.2, 0.25) is 0 Å². The van der Waals surface area contributed by atoms with Crippen LogP contribution in [0, 0.1) is 0 Å². The van der Waals surface area contributed by atoms with Gasteiger partial charge in [-0.15, -0.1) is 0 Å². The van der Waals surface area contributed by atoms with Crippen molar-refractivity contribution in [2.75, 3.05) is 7.11 Å². The molecule has 0 unspecified atom stereocenters. The number of phenols is 1. The SMILES string of the molecule is COc1cc(C=NNC(=O)c2cc(Br)c(O)c(Br)c2)ccc1OC(=O)c1ccccc1. The van der Waals surface area contributed by atoms with E-state index in [4.69, 9.17) is 9.47 Å². The van der Waals surface area contributed by atoms with Gasteiger partial charge in [0.1, 0.15) is 5.75 Å². The van der Waals surface area contributed by atoms with Crippen molar-refractivity contribution in [3.05, 3.63) is 86.3 Å². The van der Waals surface area contributed by atoms with Crippen LogP contribution in [0.4, 0.5) is 0 Å². The highest BCUT2D eigenvalue weighted by atomic mass is 79.9. The topological polar surface area (TPSA) is 97.2 Å². The highest BCUT2D eigenvalue weighted by molar-refractivity contribution is 9.11. The molecule has 0 aliphatic heterocycles. The Morgan fingerprint density at radius 1 is 0.968 bits per heavy atom. The van der Waals surface area contributed by atoms with E-state index in [2.05, 4.69) is 42.4 Å². The normalized spacial score (nSPS) is 10.7. The van der Waals surface area contributed by atoms with E-state index in [1.54, 1.807) is 42.5 Å². The molecule has 31 heavy (non-hydrogen) atoms. The van der Waals surface area contributed by atoms with E-state index in [0.29, 0.717) is 31.4 Å². The zero-order valence-corrected chi connectivity index (χ0v) is 19.3. The van der Waals surface area contributed by atoms with Gasteiger partial charge in [-0.05, 0) is 79.9 Å².